The van der Waals surface area contributed by atoms with E-state index >= 15 is 0 Å². The maximum absolute atomic E-state index is 6.12. The van der Waals surface area contributed by atoms with Crippen molar-refractivity contribution in [3.63, 3.8) is 0 Å². The lowest BCUT2D eigenvalue weighted by atomic mass is 10.1. The SMILES string of the molecule is CN=C(NCc1ccc(N2CCCCCC2)nc1)N1CCC(Oc2ccccc2)CC1.I. The second-order valence-electron chi connectivity index (χ2n) is 8.44. The molecule has 0 spiro atoms. The number of guanidine groups is 1. The van der Waals surface area contributed by atoms with E-state index < -0.39 is 0 Å². The van der Waals surface area contributed by atoms with Crippen molar-refractivity contribution in [3.8, 4) is 5.75 Å². The Balaban J connectivity index is 0.00000289. The van der Waals surface area contributed by atoms with E-state index in [1.54, 1.807) is 0 Å². The molecule has 3 heterocycles. The van der Waals surface area contributed by atoms with Crippen molar-refractivity contribution in [2.45, 2.75) is 51.2 Å². The first-order chi connectivity index (χ1) is 15.3. The third kappa shape index (κ3) is 6.98. The van der Waals surface area contributed by atoms with Crippen molar-refractivity contribution >= 4 is 35.8 Å². The van der Waals surface area contributed by atoms with Crippen LogP contribution in [-0.2, 0) is 6.54 Å². The Hall–Kier alpha value is -2.03. The number of hydrogen-bond donors (Lipinski definition) is 1. The number of rotatable bonds is 5. The minimum atomic E-state index is 0. The number of hydrogen-bond acceptors (Lipinski definition) is 4. The molecule has 2 fully saturated rings. The van der Waals surface area contributed by atoms with Gasteiger partial charge in [-0.15, -0.1) is 24.0 Å². The van der Waals surface area contributed by atoms with Crippen molar-refractivity contribution in [3.05, 3.63) is 54.2 Å². The Bertz CT molecular complexity index is 814. The second-order valence-corrected chi connectivity index (χ2v) is 8.44. The van der Waals surface area contributed by atoms with E-state index in [2.05, 4.69) is 32.2 Å². The summed E-state index contributed by atoms with van der Waals surface area (Å²) in [4.78, 5) is 14.0. The Kier molecular flexibility index (Phi) is 9.89. The van der Waals surface area contributed by atoms with Crippen LogP contribution in [0.15, 0.2) is 53.7 Å². The molecular formula is C25H36IN5O. The van der Waals surface area contributed by atoms with E-state index in [9.17, 15) is 0 Å². The highest BCUT2D eigenvalue weighted by Crippen LogP contribution is 2.19. The Morgan fingerprint density at radius 2 is 1.72 bits per heavy atom. The summed E-state index contributed by atoms with van der Waals surface area (Å²) in [6, 6.07) is 14.5. The predicted molar refractivity (Wildman–Crippen MR) is 142 cm³/mol. The minimum Gasteiger partial charge on any atom is -0.490 e. The standard InChI is InChI=1S/C25H35N5O.HI/c1-26-25(30-17-13-23(14-18-30)31-22-9-5-4-6-10-22)28-20-21-11-12-24(27-19-21)29-15-7-2-3-8-16-29;/h4-6,9-12,19,23H,2-3,7-8,13-18,20H2,1H3,(H,26,28);1H. The van der Waals surface area contributed by atoms with E-state index in [1.807, 2.05) is 43.6 Å². The van der Waals surface area contributed by atoms with Crippen LogP contribution in [0.5, 0.6) is 5.75 Å². The molecule has 4 rings (SSSR count). The molecule has 0 atom stereocenters. The van der Waals surface area contributed by atoms with Gasteiger partial charge in [0.05, 0.1) is 0 Å². The molecule has 2 aliphatic rings. The molecule has 2 saturated heterocycles. The summed E-state index contributed by atoms with van der Waals surface area (Å²) in [5.41, 5.74) is 1.18. The Morgan fingerprint density at radius 1 is 1.00 bits per heavy atom. The molecule has 0 aliphatic carbocycles. The number of pyridine rings is 1. The van der Waals surface area contributed by atoms with E-state index in [0.717, 1.165) is 63.1 Å². The van der Waals surface area contributed by atoms with Crippen molar-refractivity contribution in [2.75, 3.05) is 38.1 Å². The second kappa shape index (κ2) is 12.9. The molecule has 0 amide bonds. The number of halogens is 1. The zero-order valence-electron chi connectivity index (χ0n) is 19.1. The fraction of sp³-hybridized carbons (Fsp3) is 0.520. The summed E-state index contributed by atoms with van der Waals surface area (Å²) in [5, 5.41) is 3.51. The number of ether oxygens (including phenoxy) is 1. The normalized spacial score (nSPS) is 18.0. The molecule has 0 bridgehead atoms. The number of nitrogens with zero attached hydrogens (tertiary/aromatic N) is 4. The molecule has 6 nitrogen and oxygen atoms in total. The third-order valence-electron chi connectivity index (χ3n) is 6.19. The van der Waals surface area contributed by atoms with E-state index in [4.69, 9.17) is 9.72 Å². The highest BCUT2D eigenvalue weighted by Gasteiger charge is 2.22. The first-order valence-corrected chi connectivity index (χ1v) is 11.7. The number of aromatic nitrogens is 1. The van der Waals surface area contributed by atoms with Gasteiger partial charge in [-0.3, -0.25) is 4.99 Å². The lowest BCUT2D eigenvalue weighted by Gasteiger charge is -2.34. The fourth-order valence-corrected chi connectivity index (χ4v) is 4.40. The van der Waals surface area contributed by atoms with E-state index in [0.29, 0.717) is 0 Å². The maximum atomic E-state index is 6.12. The Labute approximate surface area is 209 Å². The van der Waals surface area contributed by atoms with Crippen LogP contribution < -0.4 is 15.0 Å². The highest BCUT2D eigenvalue weighted by molar-refractivity contribution is 14.0. The zero-order valence-corrected chi connectivity index (χ0v) is 21.4. The van der Waals surface area contributed by atoms with Gasteiger partial charge in [0.1, 0.15) is 17.7 Å². The quantitative estimate of drug-likeness (QED) is 0.333. The monoisotopic (exact) mass is 549 g/mol. The van der Waals surface area contributed by atoms with Crippen LogP contribution in [0, 0.1) is 0 Å². The minimum absolute atomic E-state index is 0. The lowest BCUT2D eigenvalue weighted by molar-refractivity contribution is 0.129. The summed E-state index contributed by atoms with van der Waals surface area (Å²) in [7, 11) is 1.86. The van der Waals surface area contributed by atoms with Gasteiger partial charge in [-0.25, -0.2) is 4.98 Å². The molecule has 0 saturated carbocycles. The predicted octanol–water partition coefficient (Wildman–Crippen LogP) is 4.70. The average Bonchev–Trinajstić information content (AvgIpc) is 3.11. The van der Waals surface area contributed by atoms with Gasteiger partial charge in [0.2, 0.25) is 0 Å². The number of para-hydroxylation sites is 1. The smallest absolute Gasteiger partial charge is 0.193 e. The molecular weight excluding hydrogens is 513 g/mol. The van der Waals surface area contributed by atoms with Crippen LogP contribution >= 0.6 is 24.0 Å². The zero-order chi connectivity index (χ0) is 21.3. The number of benzene rings is 1. The van der Waals surface area contributed by atoms with Crippen LogP contribution in [0.1, 0.15) is 44.1 Å². The molecule has 1 N–H and O–H groups in total. The average molecular weight is 550 g/mol. The first-order valence-electron chi connectivity index (χ1n) is 11.7. The van der Waals surface area contributed by atoms with Gasteiger partial charge >= 0.3 is 0 Å². The number of nitrogens with one attached hydrogen (secondary N) is 1. The van der Waals surface area contributed by atoms with Crippen LogP contribution in [0.25, 0.3) is 0 Å². The molecule has 1 aromatic carbocycles. The van der Waals surface area contributed by atoms with Crippen molar-refractivity contribution in [1.29, 1.82) is 0 Å². The van der Waals surface area contributed by atoms with E-state index in [-0.39, 0.29) is 30.1 Å². The Morgan fingerprint density at radius 3 is 2.34 bits per heavy atom. The summed E-state index contributed by atoms with van der Waals surface area (Å²) in [6.45, 7) is 4.88. The number of piperidine rings is 1. The van der Waals surface area contributed by atoms with E-state index in [1.165, 1.54) is 31.2 Å². The van der Waals surface area contributed by atoms with Crippen LogP contribution in [0.2, 0.25) is 0 Å². The van der Waals surface area contributed by atoms with Crippen LogP contribution in [0.3, 0.4) is 0 Å². The van der Waals surface area contributed by atoms with Gasteiger partial charge < -0.3 is 19.9 Å². The lowest BCUT2D eigenvalue weighted by Crippen LogP contribution is -2.47. The summed E-state index contributed by atoms with van der Waals surface area (Å²) in [6.07, 6.45) is 9.50. The van der Waals surface area contributed by atoms with Crippen molar-refractivity contribution in [1.82, 2.24) is 15.2 Å². The van der Waals surface area contributed by atoms with Crippen LogP contribution in [-0.4, -0.2) is 55.2 Å². The molecule has 2 aromatic rings. The molecule has 32 heavy (non-hydrogen) atoms. The van der Waals surface area contributed by atoms with Gasteiger partial charge in [0.15, 0.2) is 5.96 Å². The maximum Gasteiger partial charge on any atom is 0.193 e. The number of anilines is 1. The summed E-state index contributed by atoms with van der Waals surface area (Å²) in [5.74, 6) is 3.02. The molecule has 0 radical (unpaired) electrons. The number of aliphatic imine (C=N–C) groups is 1. The van der Waals surface area contributed by atoms with Crippen molar-refractivity contribution < 1.29 is 4.74 Å². The van der Waals surface area contributed by atoms with Crippen molar-refractivity contribution in [2.24, 2.45) is 4.99 Å². The number of likely N-dealkylation sites (tertiary alicyclic amines) is 1. The fourth-order valence-electron chi connectivity index (χ4n) is 4.40. The van der Waals surface area contributed by atoms with Gasteiger partial charge in [0, 0.05) is 58.8 Å². The van der Waals surface area contributed by atoms with Gasteiger partial charge in [-0.2, -0.15) is 0 Å². The highest BCUT2D eigenvalue weighted by atomic mass is 127. The third-order valence-corrected chi connectivity index (χ3v) is 6.19. The molecule has 174 valence electrons. The van der Waals surface area contributed by atoms with Gasteiger partial charge in [-0.05, 0) is 36.6 Å². The molecule has 0 unspecified atom stereocenters. The summed E-state index contributed by atoms with van der Waals surface area (Å²) < 4.78 is 6.12. The summed E-state index contributed by atoms with van der Waals surface area (Å²) >= 11 is 0. The topological polar surface area (TPSA) is 53.0 Å². The van der Waals surface area contributed by atoms with Crippen LogP contribution in [0.4, 0.5) is 5.82 Å². The molecule has 2 aliphatic heterocycles. The largest absolute Gasteiger partial charge is 0.490 e. The first kappa shape index (κ1) is 24.6. The molecule has 7 heteroatoms. The molecule has 1 aromatic heterocycles. The van der Waals surface area contributed by atoms with Gasteiger partial charge in [-0.1, -0.05) is 37.1 Å². The van der Waals surface area contributed by atoms with Gasteiger partial charge in [0.25, 0.3) is 0 Å².